The summed E-state index contributed by atoms with van der Waals surface area (Å²) in [5.74, 6) is 0.217. The molecule has 1 amide bonds. The van der Waals surface area contributed by atoms with Crippen molar-refractivity contribution in [1.82, 2.24) is 4.90 Å². The summed E-state index contributed by atoms with van der Waals surface area (Å²) in [5.41, 5.74) is 0. The van der Waals surface area contributed by atoms with Crippen molar-refractivity contribution in [2.24, 2.45) is 0 Å². The SMILES string of the molecule is CC[NH+]1CC[NH+](CC(=O)N(CCOC)CCOC)CC1. The summed E-state index contributed by atoms with van der Waals surface area (Å²) in [6.45, 7) is 11.0. The first kappa shape index (κ1) is 17.4. The molecule has 0 aliphatic carbocycles. The average molecular weight is 289 g/mol. The zero-order chi connectivity index (χ0) is 14.8. The van der Waals surface area contributed by atoms with Crippen molar-refractivity contribution in [3.05, 3.63) is 0 Å². The summed E-state index contributed by atoms with van der Waals surface area (Å²) in [7, 11) is 3.33. The molecule has 0 aromatic heterocycles. The van der Waals surface area contributed by atoms with Gasteiger partial charge in [-0.05, 0) is 6.92 Å². The second-order valence-corrected chi connectivity index (χ2v) is 5.40. The number of rotatable bonds is 9. The highest BCUT2D eigenvalue weighted by molar-refractivity contribution is 5.77. The van der Waals surface area contributed by atoms with Gasteiger partial charge in [0, 0.05) is 27.3 Å². The van der Waals surface area contributed by atoms with Crippen LogP contribution in [-0.2, 0) is 14.3 Å². The van der Waals surface area contributed by atoms with Crippen molar-refractivity contribution in [1.29, 1.82) is 0 Å². The van der Waals surface area contributed by atoms with Crippen molar-refractivity contribution in [3.8, 4) is 0 Å². The summed E-state index contributed by atoms with van der Waals surface area (Å²) in [4.78, 5) is 17.3. The van der Waals surface area contributed by atoms with Gasteiger partial charge in [-0.3, -0.25) is 4.79 Å². The van der Waals surface area contributed by atoms with Gasteiger partial charge >= 0.3 is 0 Å². The lowest BCUT2D eigenvalue weighted by Crippen LogP contribution is -3.28. The Bertz CT molecular complexity index is 260. The van der Waals surface area contributed by atoms with Crippen molar-refractivity contribution >= 4 is 5.91 Å². The van der Waals surface area contributed by atoms with E-state index < -0.39 is 0 Å². The van der Waals surface area contributed by atoms with E-state index in [1.807, 2.05) is 4.90 Å². The van der Waals surface area contributed by atoms with Crippen LogP contribution in [0.25, 0.3) is 0 Å². The van der Waals surface area contributed by atoms with Gasteiger partial charge in [0.05, 0.1) is 19.8 Å². The van der Waals surface area contributed by atoms with Gasteiger partial charge in [0.2, 0.25) is 0 Å². The van der Waals surface area contributed by atoms with Crippen molar-refractivity contribution < 1.29 is 24.1 Å². The van der Waals surface area contributed by atoms with Crippen LogP contribution in [0.15, 0.2) is 0 Å². The third-order valence-electron chi connectivity index (χ3n) is 4.05. The lowest BCUT2D eigenvalue weighted by atomic mass is 10.3. The third-order valence-corrected chi connectivity index (χ3v) is 4.05. The number of nitrogens with one attached hydrogen (secondary N) is 2. The van der Waals surface area contributed by atoms with Crippen molar-refractivity contribution in [3.63, 3.8) is 0 Å². The van der Waals surface area contributed by atoms with Crippen LogP contribution in [0.5, 0.6) is 0 Å². The van der Waals surface area contributed by atoms with Crippen LogP contribution in [-0.4, -0.2) is 90.6 Å². The molecule has 0 aromatic rings. The minimum absolute atomic E-state index is 0.217. The standard InChI is InChI=1S/C14H29N3O3/c1-4-15-5-7-16(8-6-15)13-14(18)17(9-11-19-2)10-12-20-3/h4-13H2,1-3H3/p+2. The molecule has 0 aromatic carbocycles. The molecule has 0 spiro atoms. The Hall–Kier alpha value is -0.690. The van der Waals surface area contributed by atoms with Crippen LogP contribution in [0.1, 0.15) is 6.92 Å². The van der Waals surface area contributed by atoms with Gasteiger partial charge in [-0.1, -0.05) is 0 Å². The molecule has 0 radical (unpaired) electrons. The number of piperazine rings is 1. The predicted octanol–water partition coefficient (Wildman–Crippen LogP) is -3.09. The molecule has 1 fully saturated rings. The second-order valence-electron chi connectivity index (χ2n) is 5.40. The van der Waals surface area contributed by atoms with E-state index in [4.69, 9.17) is 9.47 Å². The topological polar surface area (TPSA) is 47.7 Å². The molecule has 1 aliphatic rings. The van der Waals surface area contributed by atoms with Crippen molar-refractivity contribution in [2.45, 2.75) is 6.92 Å². The molecule has 0 bridgehead atoms. The molecule has 0 atom stereocenters. The number of ether oxygens (including phenoxy) is 2. The number of quaternary nitrogens is 2. The number of carbonyl (C=O) groups is 1. The average Bonchev–Trinajstić information content (AvgIpc) is 2.48. The van der Waals surface area contributed by atoms with E-state index in [0.717, 1.165) is 13.1 Å². The van der Waals surface area contributed by atoms with E-state index in [-0.39, 0.29) is 5.91 Å². The fraction of sp³-hybridized carbons (Fsp3) is 0.929. The Morgan fingerprint density at radius 1 is 1.00 bits per heavy atom. The number of hydrogen-bond donors (Lipinski definition) is 2. The number of methoxy groups -OCH3 is 2. The summed E-state index contributed by atoms with van der Waals surface area (Å²) in [6.07, 6.45) is 0. The van der Waals surface area contributed by atoms with Crippen LogP contribution in [0.2, 0.25) is 0 Å². The Morgan fingerprint density at radius 3 is 1.95 bits per heavy atom. The van der Waals surface area contributed by atoms with Crippen molar-refractivity contribution in [2.75, 3.05) is 79.8 Å². The van der Waals surface area contributed by atoms with E-state index >= 15 is 0 Å². The number of likely N-dealkylation sites (N-methyl/N-ethyl adjacent to an activating group) is 1. The van der Waals surface area contributed by atoms with Gasteiger partial charge in [0.25, 0.3) is 5.91 Å². The Balaban J connectivity index is 2.36. The van der Waals surface area contributed by atoms with Crippen LogP contribution < -0.4 is 9.80 Å². The zero-order valence-electron chi connectivity index (χ0n) is 13.2. The summed E-state index contributed by atoms with van der Waals surface area (Å²) >= 11 is 0. The molecule has 1 rings (SSSR count). The van der Waals surface area contributed by atoms with Gasteiger partial charge in [0.15, 0.2) is 6.54 Å². The Labute approximate surface area is 122 Å². The molecule has 20 heavy (non-hydrogen) atoms. The fourth-order valence-corrected chi connectivity index (χ4v) is 2.58. The summed E-state index contributed by atoms with van der Waals surface area (Å²) in [6, 6.07) is 0. The summed E-state index contributed by atoms with van der Waals surface area (Å²) < 4.78 is 10.2. The number of amides is 1. The maximum Gasteiger partial charge on any atom is 0.277 e. The smallest absolute Gasteiger partial charge is 0.277 e. The molecule has 118 valence electrons. The molecule has 0 unspecified atom stereocenters. The molecule has 1 aliphatic heterocycles. The lowest BCUT2D eigenvalue weighted by Gasteiger charge is -2.30. The quantitative estimate of drug-likeness (QED) is 0.473. The third kappa shape index (κ3) is 6.17. The fourth-order valence-electron chi connectivity index (χ4n) is 2.58. The van der Waals surface area contributed by atoms with E-state index in [1.165, 1.54) is 24.5 Å². The van der Waals surface area contributed by atoms with E-state index in [9.17, 15) is 4.79 Å². The monoisotopic (exact) mass is 289 g/mol. The van der Waals surface area contributed by atoms with Gasteiger partial charge in [-0.2, -0.15) is 0 Å². The number of hydrogen-bond acceptors (Lipinski definition) is 3. The lowest BCUT2D eigenvalue weighted by molar-refractivity contribution is -1.01. The first-order chi connectivity index (χ1) is 9.71. The van der Waals surface area contributed by atoms with Gasteiger partial charge < -0.3 is 24.2 Å². The van der Waals surface area contributed by atoms with E-state index in [2.05, 4.69) is 6.92 Å². The number of nitrogens with zero attached hydrogens (tertiary/aromatic N) is 1. The van der Waals surface area contributed by atoms with Crippen LogP contribution in [0.4, 0.5) is 0 Å². The highest BCUT2D eigenvalue weighted by Crippen LogP contribution is 1.89. The second kappa shape index (κ2) is 10.1. The van der Waals surface area contributed by atoms with Gasteiger partial charge in [0.1, 0.15) is 26.2 Å². The van der Waals surface area contributed by atoms with Gasteiger partial charge in [-0.15, -0.1) is 0 Å². The van der Waals surface area contributed by atoms with Gasteiger partial charge in [-0.25, -0.2) is 0 Å². The molecule has 6 nitrogen and oxygen atoms in total. The maximum absolute atomic E-state index is 12.4. The first-order valence-electron chi connectivity index (χ1n) is 7.64. The number of carbonyl (C=O) groups excluding carboxylic acids is 1. The molecule has 0 saturated carbocycles. The highest BCUT2D eigenvalue weighted by atomic mass is 16.5. The largest absolute Gasteiger partial charge is 0.383 e. The van der Waals surface area contributed by atoms with E-state index in [0.29, 0.717) is 32.8 Å². The molecule has 6 heteroatoms. The Morgan fingerprint density at radius 2 is 1.50 bits per heavy atom. The highest BCUT2D eigenvalue weighted by Gasteiger charge is 2.25. The molecular formula is C14H31N3O3+2. The first-order valence-corrected chi connectivity index (χ1v) is 7.64. The van der Waals surface area contributed by atoms with E-state index in [1.54, 1.807) is 19.1 Å². The minimum atomic E-state index is 0.217. The minimum Gasteiger partial charge on any atom is -0.383 e. The zero-order valence-corrected chi connectivity index (χ0v) is 13.2. The molecule has 2 N–H and O–H groups in total. The maximum atomic E-state index is 12.4. The molecule has 1 heterocycles. The molecular weight excluding hydrogens is 258 g/mol. The molecule has 1 saturated heterocycles. The van der Waals surface area contributed by atoms with Crippen LogP contribution >= 0.6 is 0 Å². The van der Waals surface area contributed by atoms with Crippen LogP contribution in [0, 0.1) is 0 Å². The predicted molar refractivity (Wildman–Crippen MR) is 77.1 cm³/mol. The van der Waals surface area contributed by atoms with Crippen LogP contribution in [0.3, 0.4) is 0 Å². The normalized spacial score (nSPS) is 22.8. The summed E-state index contributed by atoms with van der Waals surface area (Å²) in [5, 5.41) is 0. The Kier molecular flexibility index (Phi) is 8.77.